The van der Waals surface area contributed by atoms with Crippen molar-refractivity contribution in [2.75, 3.05) is 10.6 Å². The van der Waals surface area contributed by atoms with Gasteiger partial charge >= 0.3 is 0 Å². The SMILES string of the molecule is O=C(Cc1c[nH]c2ccccc12)Nc1ccc2c(c1)CCC(=O)N2. The maximum absolute atomic E-state index is 12.3. The molecular weight excluding hydrogens is 302 g/mol. The van der Waals surface area contributed by atoms with Crippen LogP contribution in [0.3, 0.4) is 0 Å². The molecule has 3 aromatic rings. The second-order valence-corrected chi connectivity index (χ2v) is 6.00. The number of hydrogen-bond acceptors (Lipinski definition) is 2. The van der Waals surface area contributed by atoms with Gasteiger partial charge in [0.25, 0.3) is 0 Å². The van der Waals surface area contributed by atoms with Crippen molar-refractivity contribution < 1.29 is 9.59 Å². The van der Waals surface area contributed by atoms with Gasteiger partial charge in [0.2, 0.25) is 11.8 Å². The number of hydrogen-bond donors (Lipinski definition) is 3. The normalized spacial score (nSPS) is 13.4. The first kappa shape index (κ1) is 14.5. The molecule has 0 bridgehead atoms. The zero-order valence-corrected chi connectivity index (χ0v) is 13.1. The van der Waals surface area contributed by atoms with E-state index in [1.807, 2.05) is 48.7 Å². The Morgan fingerprint density at radius 3 is 2.92 bits per heavy atom. The molecule has 0 unspecified atom stereocenters. The number of carbonyl (C=O) groups is 2. The van der Waals surface area contributed by atoms with Crippen LogP contribution in [0.2, 0.25) is 0 Å². The van der Waals surface area contributed by atoms with E-state index in [4.69, 9.17) is 0 Å². The van der Waals surface area contributed by atoms with Gasteiger partial charge in [0.15, 0.2) is 0 Å². The van der Waals surface area contributed by atoms with Crippen LogP contribution in [0, 0.1) is 0 Å². The molecule has 1 aliphatic rings. The largest absolute Gasteiger partial charge is 0.361 e. The molecule has 2 aromatic carbocycles. The molecule has 5 heteroatoms. The molecule has 5 nitrogen and oxygen atoms in total. The number of para-hydroxylation sites is 1. The minimum absolute atomic E-state index is 0.0404. The summed E-state index contributed by atoms with van der Waals surface area (Å²) in [4.78, 5) is 26.9. The van der Waals surface area contributed by atoms with Crippen LogP contribution in [-0.4, -0.2) is 16.8 Å². The number of benzene rings is 2. The molecule has 0 atom stereocenters. The molecule has 0 saturated carbocycles. The van der Waals surface area contributed by atoms with Crippen LogP contribution in [-0.2, 0) is 22.4 Å². The van der Waals surface area contributed by atoms with Crippen molar-refractivity contribution in [2.24, 2.45) is 0 Å². The topological polar surface area (TPSA) is 74.0 Å². The molecule has 3 N–H and O–H groups in total. The van der Waals surface area contributed by atoms with Gasteiger partial charge in [-0.3, -0.25) is 9.59 Å². The molecule has 120 valence electrons. The fraction of sp³-hybridized carbons (Fsp3) is 0.158. The fourth-order valence-electron chi connectivity index (χ4n) is 3.12. The summed E-state index contributed by atoms with van der Waals surface area (Å²) in [5.41, 5.74) is 4.66. The van der Waals surface area contributed by atoms with Gasteiger partial charge in [0.05, 0.1) is 6.42 Å². The van der Waals surface area contributed by atoms with E-state index >= 15 is 0 Å². The van der Waals surface area contributed by atoms with Crippen LogP contribution in [0.15, 0.2) is 48.7 Å². The monoisotopic (exact) mass is 319 g/mol. The standard InChI is InChI=1S/C19H17N3O2/c23-18-8-5-12-9-14(6-7-16(12)22-18)21-19(24)10-13-11-20-17-4-2-1-3-15(13)17/h1-4,6-7,9,11,20H,5,8,10H2,(H,21,24)(H,22,23). The minimum atomic E-state index is -0.0560. The summed E-state index contributed by atoms with van der Waals surface area (Å²) in [5, 5.41) is 6.85. The van der Waals surface area contributed by atoms with Crippen molar-refractivity contribution in [1.29, 1.82) is 0 Å². The Hall–Kier alpha value is -3.08. The van der Waals surface area contributed by atoms with Crippen molar-refractivity contribution in [3.05, 3.63) is 59.8 Å². The van der Waals surface area contributed by atoms with Crippen molar-refractivity contribution in [2.45, 2.75) is 19.3 Å². The number of anilines is 2. The number of amides is 2. The van der Waals surface area contributed by atoms with Crippen molar-refractivity contribution in [3.8, 4) is 0 Å². The second kappa shape index (κ2) is 5.85. The Bertz CT molecular complexity index is 943. The minimum Gasteiger partial charge on any atom is -0.361 e. The summed E-state index contributed by atoms with van der Waals surface area (Å²) in [7, 11) is 0. The number of rotatable bonds is 3. The first-order chi connectivity index (χ1) is 11.7. The summed E-state index contributed by atoms with van der Waals surface area (Å²) < 4.78 is 0. The molecule has 1 aromatic heterocycles. The highest BCUT2D eigenvalue weighted by Crippen LogP contribution is 2.26. The summed E-state index contributed by atoms with van der Waals surface area (Å²) >= 11 is 0. The zero-order valence-electron chi connectivity index (χ0n) is 13.1. The maximum Gasteiger partial charge on any atom is 0.228 e. The Labute approximate surface area is 139 Å². The quantitative estimate of drug-likeness (QED) is 0.693. The van der Waals surface area contributed by atoms with E-state index in [9.17, 15) is 9.59 Å². The lowest BCUT2D eigenvalue weighted by Crippen LogP contribution is -2.19. The fourth-order valence-corrected chi connectivity index (χ4v) is 3.12. The number of nitrogens with one attached hydrogen (secondary N) is 3. The van der Waals surface area contributed by atoms with Crippen molar-refractivity contribution in [3.63, 3.8) is 0 Å². The smallest absolute Gasteiger partial charge is 0.228 e. The number of aromatic nitrogens is 1. The number of aryl methyl sites for hydroxylation is 1. The highest BCUT2D eigenvalue weighted by molar-refractivity contribution is 5.97. The molecule has 0 aliphatic carbocycles. The molecule has 2 heterocycles. The molecule has 0 fully saturated rings. The third-order valence-corrected chi connectivity index (χ3v) is 4.31. The molecule has 24 heavy (non-hydrogen) atoms. The molecular formula is C19H17N3O2. The van der Waals surface area contributed by atoms with Crippen LogP contribution in [0.4, 0.5) is 11.4 Å². The summed E-state index contributed by atoms with van der Waals surface area (Å²) in [6, 6.07) is 13.5. The maximum atomic E-state index is 12.3. The first-order valence-electron chi connectivity index (χ1n) is 7.97. The van der Waals surface area contributed by atoms with E-state index in [-0.39, 0.29) is 11.8 Å². The summed E-state index contributed by atoms with van der Waals surface area (Å²) in [5.74, 6) is -0.0156. The molecule has 0 saturated heterocycles. The van der Waals surface area contributed by atoms with Gasteiger partial charge in [0.1, 0.15) is 0 Å². The van der Waals surface area contributed by atoms with E-state index in [1.54, 1.807) is 0 Å². The third-order valence-electron chi connectivity index (χ3n) is 4.31. The highest BCUT2D eigenvalue weighted by Gasteiger charge is 2.15. The van der Waals surface area contributed by atoms with Gasteiger partial charge in [0, 0.05) is 34.9 Å². The summed E-state index contributed by atoms with van der Waals surface area (Å²) in [6.45, 7) is 0. The molecule has 1 aliphatic heterocycles. The lowest BCUT2D eigenvalue weighted by Gasteiger charge is -2.17. The van der Waals surface area contributed by atoms with Gasteiger partial charge in [-0.25, -0.2) is 0 Å². The lowest BCUT2D eigenvalue weighted by atomic mass is 10.0. The summed E-state index contributed by atoms with van der Waals surface area (Å²) in [6.07, 6.45) is 3.39. The molecule has 4 rings (SSSR count). The van der Waals surface area contributed by atoms with E-state index < -0.39 is 0 Å². The second-order valence-electron chi connectivity index (χ2n) is 6.00. The van der Waals surface area contributed by atoms with Crippen LogP contribution in [0.25, 0.3) is 10.9 Å². The molecule has 0 spiro atoms. The Kier molecular flexibility index (Phi) is 3.54. The van der Waals surface area contributed by atoms with Crippen LogP contribution >= 0.6 is 0 Å². The molecule has 2 amide bonds. The number of carbonyl (C=O) groups excluding carboxylic acids is 2. The predicted molar refractivity (Wildman–Crippen MR) is 94.0 cm³/mol. The number of H-pyrrole nitrogens is 1. The van der Waals surface area contributed by atoms with E-state index in [1.165, 1.54) is 0 Å². The zero-order chi connectivity index (χ0) is 16.5. The van der Waals surface area contributed by atoms with Gasteiger partial charge in [-0.15, -0.1) is 0 Å². The van der Waals surface area contributed by atoms with Gasteiger partial charge < -0.3 is 15.6 Å². The number of aromatic amines is 1. The van der Waals surface area contributed by atoms with E-state index in [0.29, 0.717) is 19.3 Å². The van der Waals surface area contributed by atoms with E-state index in [2.05, 4.69) is 15.6 Å². The Morgan fingerprint density at radius 2 is 2.00 bits per heavy atom. The van der Waals surface area contributed by atoms with Gasteiger partial charge in [-0.2, -0.15) is 0 Å². The lowest BCUT2D eigenvalue weighted by molar-refractivity contribution is -0.117. The Balaban J connectivity index is 1.49. The van der Waals surface area contributed by atoms with Crippen LogP contribution in [0.1, 0.15) is 17.5 Å². The average Bonchev–Trinajstić information content (AvgIpc) is 2.98. The van der Waals surface area contributed by atoms with E-state index in [0.717, 1.165) is 33.4 Å². The predicted octanol–water partition coefficient (Wildman–Crippen LogP) is 3.23. The Morgan fingerprint density at radius 1 is 1.12 bits per heavy atom. The average molecular weight is 319 g/mol. The first-order valence-corrected chi connectivity index (χ1v) is 7.97. The van der Waals surface area contributed by atoms with Crippen molar-refractivity contribution >= 4 is 34.1 Å². The number of fused-ring (bicyclic) bond motifs is 2. The third kappa shape index (κ3) is 2.76. The van der Waals surface area contributed by atoms with Crippen molar-refractivity contribution in [1.82, 2.24) is 4.98 Å². The van der Waals surface area contributed by atoms with Crippen LogP contribution < -0.4 is 10.6 Å². The van der Waals surface area contributed by atoms with Crippen LogP contribution in [0.5, 0.6) is 0 Å². The van der Waals surface area contributed by atoms with Gasteiger partial charge in [-0.05, 0) is 41.8 Å². The highest BCUT2D eigenvalue weighted by atomic mass is 16.2. The van der Waals surface area contributed by atoms with Gasteiger partial charge in [-0.1, -0.05) is 18.2 Å². The molecule has 0 radical (unpaired) electrons.